The predicted molar refractivity (Wildman–Crippen MR) is 108 cm³/mol. The second-order valence-corrected chi connectivity index (χ2v) is 6.54. The number of hydrogen-bond donors (Lipinski definition) is 1. The SMILES string of the molecule is COc1ccc2cc(NC(=O)Cn3c(C)nc4ccc(F)cc4c3=O)cnc2c1. The van der Waals surface area contributed by atoms with Crippen molar-refractivity contribution in [2.24, 2.45) is 0 Å². The molecule has 1 amide bonds. The molecule has 4 aromatic rings. The predicted octanol–water partition coefficient (Wildman–Crippen LogP) is 3.04. The molecule has 0 unspecified atom stereocenters. The number of ether oxygens (including phenoxy) is 1. The van der Waals surface area contributed by atoms with Crippen molar-refractivity contribution in [2.75, 3.05) is 12.4 Å². The highest BCUT2D eigenvalue weighted by atomic mass is 19.1. The highest BCUT2D eigenvalue weighted by Crippen LogP contribution is 2.21. The number of nitrogens with zero attached hydrogens (tertiary/aromatic N) is 3. The number of benzene rings is 2. The topological polar surface area (TPSA) is 86.1 Å². The van der Waals surface area contributed by atoms with Crippen LogP contribution in [0.1, 0.15) is 5.82 Å². The Labute approximate surface area is 164 Å². The zero-order valence-corrected chi connectivity index (χ0v) is 15.8. The first-order valence-corrected chi connectivity index (χ1v) is 8.85. The second-order valence-electron chi connectivity index (χ2n) is 6.54. The molecule has 0 aliphatic carbocycles. The maximum atomic E-state index is 13.5. The molecule has 146 valence electrons. The Kier molecular flexibility index (Phi) is 4.67. The first-order valence-electron chi connectivity index (χ1n) is 8.85. The van der Waals surface area contributed by atoms with E-state index in [1.54, 1.807) is 32.2 Å². The molecular weight excluding hydrogens is 375 g/mol. The van der Waals surface area contributed by atoms with E-state index in [4.69, 9.17) is 4.74 Å². The summed E-state index contributed by atoms with van der Waals surface area (Å²) in [6.45, 7) is 1.38. The number of hydrogen-bond acceptors (Lipinski definition) is 5. The largest absolute Gasteiger partial charge is 0.497 e. The van der Waals surface area contributed by atoms with Crippen molar-refractivity contribution in [3.05, 3.63) is 70.7 Å². The van der Waals surface area contributed by atoms with Gasteiger partial charge >= 0.3 is 0 Å². The minimum absolute atomic E-state index is 0.129. The number of fused-ring (bicyclic) bond motifs is 2. The van der Waals surface area contributed by atoms with Crippen molar-refractivity contribution in [3.8, 4) is 5.75 Å². The van der Waals surface area contributed by atoms with Crippen molar-refractivity contribution in [1.82, 2.24) is 14.5 Å². The second kappa shape index (κ2) is 7.31. The summed E-state index contributed by atoms with van der Waals surface area (Å²) in [5.41, 5.74) is 1.15. The molecule has 2 aromatic heterocycles. The molecule has 0 saturated heterocycles. The van der Waals surface area contributed by atoms with Crippen molar-refractivity contribution < 1.29 is 13.9 Å². The molecule has 4 rings (SSSR count). The minimum Gasteiger partial charge on any atom is -0.497 e. The number of methoxy groups -OCH3 is 1. The normalized spacial score (nSPS) is 11.0. The lowest BCUT2D eigenvalue weighted by molar-refractivity contribution is -0.116. The maximum absolute atomic E-state index is 13.5. The van der Waals surface area contributed by atoms with Gasteiger partial charge in [-0.1, -0.05) is 0 Å². The van der Waals surface area contributed by atoms with Gasteiger partial charge in [-0.15, -0.1) is 0 Å². The standard InChI is InChI=1S/C21H17FN4O3/c1-12-24-18-6-4-14(22)8-17(18)21(28)26(12)11-20(27)25-15-7-13-3-5-16(29-2)9-19(13)23-10-15/h3-10H,11H2,1-2H3,(H,25,27). The Morgan fingerprint density at radius 2 is 2.00 bits per heavy atom. The van der Waals surface area contributed by atoms with Crippen molar-refractivity contribution >= 4 is 33.4 Å². The van der Waals surface area contributed by atoms with Gasteiger partial charge in [-0.3, -0.25) is 19.1 Å². The van der Waals surface area contributed by atoms with E-state index >= 15 is 0 Å². The fraction of sp³-hybridized carbons (Fsp3) is 0.143. The zero-order chi connectivity index (χ0) is 20.5. The van der Waals surface area contributed by atoms with Crippen LogP contribution in [0.25, 0.3) is 21.8 Å². The fourth-order valence-electron chi connectivity index (χ4n) is 3.13. The molecule has 0 aliphatic heterocycles. The lowest BCUT2D eigenvalue weighted by Crippen LogP contribution is -2.30. The van der Waals surface area contributed by atoms with Crippen LogP contribution in [-0.4, -0.2) is 27.6 Å². The molecule has 1 N–H and O–H groups in total. The molecule has 0 aliphatic rings. The van der Waals surface area contributed by atoms with Crippen LogP contribution in [0.2, 0.25) is 0 Å². The lowest BCUT2D eigenvalue weighted by atomic mass is 10.2. The van der Waals surface area contributed by atoms with Crippen LogP contribution in [0, 0.1) is 12.7 Å². The number of aryl methyl sites for hydroxylation is 1. The maximum Gasteiger partial charge on any atom is 0.261 e. The highest BCUT2D eigenvalue weighted by Gasteiger charge is 2.13. The molecule has 0 fully saturated rings. The number of nitrogens with one attached hydrogen (secondary N) is 1. The molecule has 2 heterocycles. The van der Waals surface area contributed by atoms with E-state index in [0.717, 1.165) is 17.0 Å². The number of amides is 1. The molecule has 0 atom stereocenters. The van der Waals surface area contributed by atoms with Gasteiger partial charge in [-0.2, -0.15) is 0 Å². The summed E-state index contributed by atoms with van der Waals surface area (Å²) in [5, 5.41) is 3.69. The van der Waals surface area contributed by atoms with Gasteiger partial charge in [0.05, 0.1) is 35.4 Å². The number of pyridine rings is 1. The molecule has 7 nitrogen and oxygen atoms in total. The third-order valence-electron chi connectivity index (χ3n) is 4.58. The Balaban J connectivity index is 1.60. The van der Waals surface area contributed by atoms with Gasteiger partial charge in [-0.25, -0.2) is 9.37 Å². The molecule has 0 radical (unpaired) electrons. The van der Waals surface area contributed by atoms with Crippen molar-refractivity contribution in [2.45, 2.75) is 13.5 Å². The first-order chi connectivity index (χ1) is 13.9. The van der Waals surface area contributed by atoms with Crippen molar-refractivity contribution in [3.63, 3.8) is 0 Å². The number of anilines is 1. The summed E-state index contributed by atoms with van der Waals surface area (Å²) in [4.78, 5) is 33.8. The Hall–Kier alpha value is -3.81. The van der Waals surface area contributed by atoms with Gasteiger partial charge in [0.25, 0.3) is 5.56 Å². The van der Waals surface area contributed by atoms with Crippen LogP contribution >= 0.6 is 0 Å². The van der Waals surface area contributed by atoms with E-state index in [1.807, 2.05) is 6.07 Å². The summed E-state index contributed by atoms with van der Waals surface area (Å²) in [6.07, 6.45) is 1.53. The quantitative estimate of drug-likeness (QED) is 0.577. The number of rotatable bonds is 4. The molecule has 0 saturated carbocycles. The third kappa shape index (κ3) is 3.64. The van der Waals surface area contributed by atoms with Crippen LogP contribution in [0.4, 0.5) is 10.1 Å². The van der Waals surface area contributed by atoms with Gasteiger partial charge in [0.1, 0.15) is 23.9 Å². The molecule has 29 heavy (non-hydrogen) atoms. The van der Waals surface area contributed by atoms with E-state index < -0.39 is 17.3 Å². The van der Waals surface area contributed by atoms with Crippen molar-refractivity contribution in [1.29, 1.82) is 0 Å². The first kappa shape index (κ1) is 18.5. The zero-order valence-electron chi connectivity index (χ0n) is 15.8. The monoisotopic (exact) mass is 392 g/mol. The lowest BCUT2D eigenvalue weighted by Gasteiger charge is -2.11. The van der Waals surface area contributed by atoms with Gasteiger partial charge in [-0.05, 0) is 43.3 Å². The number of aromatic nitrogens is 3. The van der Waals surface area contributed by atoms with Gasteiger partial charge in [0.15, 0.2) is 0 Å². The average molecular weight is 392 g/mol. The Morgan fingerprint density at radius 1 is 1.17 bits per heavy atom. The van der Waals surface area contributed by atoms with E-state index in [0.29, 0.717) is 22.8 Å². The van der Waals surface area contributed by atoms with Crippen LogP contribution < -0.4 is 15.6 Å². The minimum atomic E-state index is -0.532. The van der Waals surface area contributed by atoms with E-state index in [1.165, 1.54) is 22.9 Å². The smallest absolute Gasteiger partial charge is 0.261 e. The Bertz CT molecular complexity index is 1320. The average Bonchev–Trinajstić information content (AvgIpc) is 2.71. The van der Waals surface area contributed by atoms with Crippen LogP contribution in [0.15, 0.2) is 53.5 Å². The molecule has 0 spiro atoms. The van der Waals surface area contributed by atoms with Crippen LogP contribution in [-0.2, 0) is 11.3 Å². The number of halogens is 1. The summed E-state index contributed by atoms with van der Waals surface area (Å²) >= 11 is 0. The number of carbonyl (C=O) groups excluding carboxylic acids is 1. The highest BCUT2D eigenvalue weighted by molar-refractivity contribution is 5.93. The Morgan fingerprint density at radius 3 is 2.79 bits per heavy atom. The van der Waals surface area contributed by atoms with Crippen LogP contribution in [0.5, 0.6) is 5.75 Å². The van der Waals surface area contributed by atoms with Crippen LogP contribution in [0.3, 0.4) is 0 Å². The molecular formula is C21H17FN4O3. The molecule has 8 heteroatoms. The molecule has 0 bridgehead atoms. The van der Waals surface area contributed by atoms with E-state index in [9.17, 15) is 14.0 Å². The summed E-state index contributed by atoms with van der Waals surface area (Å²) < 4.78 is 19.9. The third-order valence-corrected chi connectivity index (χ3v) is 4.58. The molecule has 2 aromatic carbocycles. The summed E-state index contributed by atoms with van der Waals surface area (Å²) in [5.74, 6) is 0.113. The van der Waals surface area contributed by atoms with Gasteiger partial charge in [0.2, 0.25) is 5.91 Å². The summed E-state index contributed by atoms with van der Waals surface area (Å²) in [6, 6.07) is 11.0. The number of carbonyl (C=O) groups is 1. The van der Waals surface area contributed by atoms with E-state index in [2.05, 4.69) is 15.3 Å². The fourth-order valence-corrected chi connectivity index (χ4v) is 3.13. The summed E-state index contributed by atoms with van der Waals surface area (Å²) in [7, 11) is 1.58. The van der Waals surface area contributed by atoms with Gasteiger partial charge in [0, 0.05) is 11.5 Å². The van der Waals surface area contributed by atoms with Gasteiger partial charge < -0.3 is 10.1 Å². The van der Waals surface area contributed by atoms with E-state index in [-0.39, 0.29) is 11.9 Å².